The normalized spacial score (nSPS) is 23.6. The Bertz CT molecular complexity index is 975. The minimum Gasteiger partial charge on any atom is -0.391 e. The molecule has 0 spiro atoms. The first kappa shape index (κ1) is 19.4. The van der Waals surface area contributed by atoms with Crippen molar-refractivity contribution in [1.82, 2.24) is 15.6 Å². The average Bonchev–Trinajstić information content (AvgIpc) is 3.24. The summed E-state index contributed by atoms with van der Waals surface area (Å²) in [5.41, 5.74) is 2.72. The SMILES string of the molecule is Cc1ccc(C(=O)N[C@@H]2C[C@H](C(=O)NC3Cc4ccccc4C3)C[C@H]2O)c(=O)[nH]1. The van der Waals surface area contributed by atoms with Gasteiger partial charge in [0.15, 0.2) is 0 Å². The Hall–Kier alpha value is -2.93. The molecule has 2 amide bonds. The van der Waals surface area contributed by atoms with E-state index in [0.29, 0.717) is 18.5 Å². The number of benzene rings is 1. The molecule has 1 fully saturated rings. The van der Waals surface area contributed by atoms with Crippen LogP contribution in [0.2, 0.25) is 0 Å². The van der Waals surface area contributed by atoms with E-state index < -0.39 is 23.6 Å². The summed E-state index contributed by atoms with van der Waals surface area (Å²) in [7, 11) is 0. The number of pyridine rings is 1. The van der Waals surface area contributed by atoms with Crippen LogP contribution in [0.15, 0.2) is 41.2 Å². The van der Waals surface area contributed by atoms with E-state index in [0.717, 1.165) is 12.8 Å². The molecule has 29 heavy (non-hydrogen) atoms. The average molecular weight is 395 g/mol. The molecule has 0 saturated heterocycles. The lowest BCUT2D eigenvalue weighted by Crippen LogP contribution is -2.42. The van der Waals surface area contributed by atoms with Crippen LogP contribution < -0.4 is 16.2 Å². The number of aryl methyl sites for hydroxylation is 1. The van der Waals surface area contributed by atoms with Crippen LogP contribution in [0.1, 0.15) is 40.0 Å². The van der Waals surface area contributed by atoms with E-state index in [-0.39, 0.29) is 23.4 Å². The van der Waals surface area contributed by atoms with Crippen LogP contribution in [-0.4, -0.2) is 40.1 Å². The highest BCUT2D eigenvalue weighted by Gasteiger charge is 2.39. The van der Waals surface area contributed by atoms with Crippen LogP contribution in [-0.2, 0) is 17.6 Å². The van der Waals surface area contributed by atoms with Crippen LogP contribution in [0.25, 0.3) is 0 Å². The molecule has 3 atom stereocenters. The molecule has 1 aromatic heterocycles. The van der Waals surface area contributed by atoms with E-state index in [2.05, 4.69) is 27.8 Å². The van der Waals surface area contributed by atoms with Gasteiger partial charge in [-0.2, -0.15) is 0 Å². The van der Waals surface area contributed by atoms with Crippen molar-refractivity contribution in [3.8, 4) is 0 Å². The van der Waals surface area contributed by atoms with E-state index in [1.165, 1.54) is 17.2 Å². The zero-order chi connectivity index (χ0) is 20.5. The standard InChI is InChI=1S/C22H25N3O4/c1-12-6-7-17(21(28)23-12)22(29)25-18-10-15(11-19(18)26)20(27)24-16-8-13-4-2-3-5-14(13)9-16/h2-7,15-16,18-19,26H,8-11H2,1H3,(H,23,28)(H,24,27)(H,25,29)/t15-,18+,19+/m0/s1. The number of aliphatic hydroxyl groups is 1. The zero-order valence-corrected chi connectivity index (χ0v) is 16.3. The van der Waals surface area contributed by atoms with Gasteiger partial charge in [-0.25, -0.2) is 0 Å². The van der Waals surface area contributed by atoms with Crippen molar-refractivity contribution in [2.75, 3.05) is 0 Å². The van der Waals surface area contributed by atoms with E-state index in [4.69, 9.17) is 0 Å². The van der Waals surface area contributed by atoms with Crippen molar-refractivity contribution >= 4 is 11.8 Å². The zero-order valence-electron chi connectivity index (χ0n) is 16.3. The summed E-state index contributed by atoms with van der Waals surface area (Å²) < 4.78 is 0. The Labute approximate surface area is 168 Å². The Balaban J connectivity index is 1.34. The molecule has 1 saturated carbocycles. The van der Waals surface area contributed by atoms with Gasteiger partial charge in [0.25, 0.3) is 11.5 Å². The molecule has 0 bridgehead atoms. The van der Waals surface area contributed by atoms with Gasteiger partial charge in [0.2, 0.25) is 5.91 Å². The maximum atomic E-state index is 12.7. The third-order valence-corrected chi connectivity index (χ3v) is 5.91. The van der Waals surface area contributed by atoms with Crippen molar-refractivity contribution < 1.29 is 14.7 Å². The lowest BCUT2D eigenvalue weighted by molar-refractivity contribution is -0.125. The fraction of sp³-hybridized carbons (Fsp3) is 0.409. The van der Waals surface area contributed by atoms with Crippen LogP contribution in [0.4, 0.5) is 0 Å². The van der Waals surface area contributed by atoms with Crippen LogP contribution in [0.5, 0.6) is 0 Å². The molecule has 2 aliphatic carbocycles. The summed E-state index contributed by atoms with van der Waals surface area (Å²) in [6, 6.07) is 10.8. The second-order valence-corrected chi connectivity index (χ2v) is 8.08. The molecule has 2 aliphatic rings. The second kappa shape index (κ2) is 7.83. The Morgan fingerprint density at radius 2 is 1.72 bits per heavy atom. The second-order valence-electron chi connectivity index (χ2n) is 8.08. The minimum atomic E-state index is -0.819. The Morgan fingerprint density at radius 3 is 2.38 bits per heavy atom. The fourth-order valence-electron chi connectivity index (χ4n) is 4.36. The number of rotatable bonds is 4. The molecule has 7 nitrogen and oxygen atoms in total. The monoisotopic (exact) mass is 395 g/mol. The summed E-state index contributed by atoms with van der Waals surface area (Å²) in [5, 5.41) is 16.1. The quantitative estimate of drug-likeness (QED) is 0.615. The first-order valence-corrected chi connectivity index (χ1v) is 9.96. The first-order chi connectivity index (χ1) is 13.9. The largest absolute Gasteiger partial charge is 0.391 e. The van der Waals surface area contributed by atoms with Gasteiger partial charge in [-0.05, 0) is 55.9 Å². The van der Waals surface area contributed by atoms with Crippen molar-refractivity contribution in [2.24, 2.45) is 5.92 Å². The molecule has 4 N–H and O–H groups in total. The Morgan fingerprint density at radius 1 is 1.03 bits per heavy atom. The lowest BCUT2D eigenvalue weighted by Gasteiger charge is -2.17. The lowest BCUT2D eigenvalue weighted by atomic mass is 10.1. The van der Waals surface area contributed by atoms with Crippen molar-refractivity contribution in [2.45, 2.75) is 50.8 Å². The van der Waals surface area contributed by atoms with E-state index in [1.807, 2.05) is 12.1 Å². The molecule has 2 aromatic rings. The summed E-state index contributed by atoms with van der Waals surface area (Å²) in [6.07, 6.45) is 1.45. The number of nitrogens with one attached hydrogen (secondary N) is 3. The number of aliphatic hydroxyl groups excluding tert-OH is 1. The van der Waals surface area contributed by atoms with Gasteiger partial charge in [-0.3, -0.25) is 14.4 Å². The van der Waals surface area contributed by atoms with Crippen molar-refractivity contribution in [3.63, 3.8) is 0 Å². The van der Waals surface area contributed by atoms with E-state index in [1.54, 1.807) is 13.0 Å². The number of hydrogen-bond donors (Lipinski definition) is 4. The molecule has 0 unspecified atom stereocenters. The third kappa shape index (κ3) is 4.10. The number of aromatic nitrogens is 1. The highest BCUT2D eigenvalue weighted by atomic mass is 16.3. The maximum Gasteiger partial charge on any atom is 0.260 e. The van der Waals surface area contributed by atoms with Gasteiger partial charge in [-0.15, -0.1) is 0 Å². The molecule has 7 heteroatoms. The van der Waals surface area contributed by atoms with Crippen LogP contribution in [0, 0.1) is 12.8 Å². The Kier molecular flexibility index (Phi) is 5.24. The number of aromatic amines is 1. The first-order valence-electron chi connectivity index (χ1n) is 9.96. The highest BCUT2D eigenvalue weighted by molar-refractivity contribution is 5.94. The highest BCUT2D eigenvalue weighted by Crippen LogP contribution is 2.28. The molecule has 1 aromatic carbocycles. The molecule has 152 valence electrons. The van der Waals surface area contributed by atoms with Gasteiger partial charge in [0.1, 0.15) is 5.56 Å². The number of fused-ring (bicyclic) bond motifs is 1. The smallest absolute Gasteiger partial charge is 0.260 e. The fourth-order valence-corrected chi connectivity index (χ4v) is 4.36. The molecule has 1 heterocycles. The minimum absolute atomic E-state index is 0.000536. The van der Waals surface area contributed by atoms with Gasteiger partial charge in [-0.1, -0.05) is 24.3 Å². The number of carbonyl (C=O) groups excluding carboxylic acids is 2. The van der Waals surface area contributed by atoms with Crippen molar-refractivity contribution in [3.05, 3.63) is 69.1 Å². The van der Waals surface area contributed by atoms with Crippen LogP contribution in [0.3, 0.4) is 0 Å². The van der Waals surface area contributed by atoms with Gasteiger partial charge in [0, 0.05) is 17.7 Å². The summed E-state index contributed by atoms with van der Waals surface area (Å²) >= 11 is 0. The van der Waals surface area contributed by atoms with E-state index >= 15 is 0 Å². The molecule has 0 radical (unpaired) electrons. The predicted molar refractivity (Wildman–Crippen MR) is 108 cm³/mol. The molecule has 4 rings (SSSR count). The van der Waals surface area contributed by atoms with Crippen molar-refractivity contribution in [1.29, 1.82) is 0 Å². The molecular weight excluding hydrogens is 370 g/mol. The number of amides is 2. The number of H-pyrrole nitrogens is 1. The third-order valence-electron chi connectivity index (χ3n) is 5.91. The summed E-state index contributed by atoms with van der Waals surface area (Å²) in [6.45, 7) is 1.73. The van der Waals surface area contributed by atoms with Gasteiger partial charge >= 0.3 is 0 Å². The predicted octanol–water partition coefficient (Wildman–Crippen LogP) is 0.836. The van der Waals surface area contributed by atoms with E-state index in [9.17, 15) is 19.5 Å². The number of carbonyl (C=O) groups is 2. The maximum absolute atomic E-state index is 12.7. The molecular formula is C22H25N3O4. The summed E-state index contributed by atoms with van der Waals surface area (Å²) in [4.78, 5) is 39.7. The van der Waals surface area contributed by atoms with Gasteiger partial charge in [0.05, 0.1) is 12.1 Å². The molecule has 0 aliphatic heterocycles. The summed E-state index contributed by atoms with van der Waals surface area (Å²) in [5.74, 6) is -0.996. The van der Waals surface area contributed by atoms with Crippen LogP contribution >= 0.6 is 0 Å². The topological polar surface area (TPSA) is 111 Å². The van der Waals surface area contributed by atoms with Gasteiger partial charge < -0.3 is 20.7 Å². The number of hydrogen-bond acceptors (Lipinski definition) is 4.